The molecular formula is C9H16O4. The summed E-state index contributed by atoms with van der Waals surface area (Å²) in [6.07, 6.45) is 0.289. The quantitative estimate of drug-likeness (QED) is 0.487. The molecule has 0 heterocycles. The highest BCUT2D eigenvalue weighted by molar-refractivity contribution is 5.81. The van der Waals surface area contributed by atoms with Gasteiger partial charge in [0.25, 0.3) is 0 Å². The maximum Gasteiger partial charge on any atom is 0.330 e. The van der Waals surface area contributed by atoms with Gasteiger partial charge >= 0.3 is 5.97 Å². The van der Waals surface area contributed by atoms with Crippen molar-refractivity contribution in [2.75, 3.05) is 13.2 Å². The number of esters is 1. The van der Waals surface area contributed by atoms with Crippen molar-refractivity contribution in [1.29, 1.82) is 0 Å². The van der Waals surface area contributed by atoms with Crippen molar-refractivity contribution < 1.29 is 19.4 Å². The number of aliphatic hydroxyl groups is 1. The second-order valence-corrected chi connectivity index (χ2v) is 2.84. The average molecular weight is 188 g/mol. The number of carbonyl (C=O) groups is 1. The Balaban J connectivity index is 3.45. The fourth-order valence-corrected chi connectivity index (χ4v) is 0.685. The van der Waals surface area contributed by atoms with Gasteiger partial charge in [-0.15, -0.1) is 0 Å². The number of carbonyl (C=O) groups excluding carboxylic acids is 1. The Hall–Kier alpha value is -0.870. The second-order valence-electron chi connectivity index (χ2n) is 2.84. The first-order chi connectivity index (χ1) is 6.06. The van der Waals surface area contributed by atoms with Gasteiger partial charge in [0, 0.05) is 6.08 Å². The summed E-state index contributed by atoms with van der Waals surface area (Å²) in [6, 6.07) is 0. The van der Waals surface area contributed by atoms with Crippen LogP contribution in [0.15, 0.2) is 12.7 Å². The van der Waals surface area contributed by atoms with Gasteiger partial charge in [0.1, 0.15) is 6.10 Å². The smallest absolute Gasteiger partial charge is 0.330 e. The Labute approximate surface area is 78.2 Å². The topological polar surface area (TPSA) is 55.8 Å². The van der Waals surface area contributed by atoms with Gasteiger partial charge in [-0.1, -0.05) is 6.58 Å². The normalized spacial score (nSPS) is 14.7. The van der Waals surface area contributed by atoms with E-state index in [0.29, 0.717) is 0 Å². The number of aliphatic hydroxyl groups excluding tert-OH is 1. The van der Waals surface area contributed by atoms with Crippen LogP contribution in [0.3, 0.4) is 0 Å². The fraction of sp³-hybridized carbons (Fsp3) is 0.667. The Morgan fingerprint density at radius 3 is 2.62 bits per heavy atom. The van der Waals surface area contributed by atoms with Gasteiger partial charge in [-0.05, 0) is 13.8 Å². The number of hydrogen-bond acceptors (Lipinski definition) is 4. The molecule has 76 valence electrons. The van der Waals surface area contributed by atoms with Gasteiger partial charge in [0.05, 0.1) is 19.3 Å². The Bertz CT molecular complexity index is 165. The highest BCUT2D eigenvalue weighted by Crippen LogP contribution is 1.94. The minimum absolute atomic E-state index is 0.246. The molecule has 0 aliphatic rings. The molecule has 0 aliphatic carbocycles. The lowest BCUT2D eigenvalue weighted by atomic mass is 10.4. The summed E-state index contributed by atoms with van der Waals surface area (Å²) >= 11 is 0. The fourth-order valence-electron chi connectivity index (χ4n) is 0.685. The minimum Gasteiger partial charge on any atom is -0.457 e. The monoisotopic (exact) mass is 188 g/mol. The van der Waals surface area contributed by atoms with Crippen LogP contribution in [0, 0.1) is 0 Å². The maximum absolute atomic E-state index is 10.7. The molecule has 0 saturated heterocycles. The van der Waals surface area contributed by atoms with E-state index in [1.54, 1.807) is 13.8 Å². The van der Waals surface area contributed by atoms with Crippen LogP contribution in [-0.4, -0.2) is 36.5 Å². The Kier molecular flexibility index (Phi) is 6.18. The first kappa shape index (κ1) is 12.1. The van der Waals surface area contributed by atoms with E-state index in [-0.39, 0.29) is 19.3 Å². The van der Waals surface area contributed by atoms with Crippen LogP contribution in [0.4, 0.5) is 0 Å². The molecule has 2 atom stereocenters. The molecule has 1 N–H and O–H groups in total. The van der Waals surface area contributed by atoms with E-state index < -0.39 is 12.1 Å². The van der Waals surface area contributed by atoms with Crippen LogP contribution >= 0.6 is 0 Å². The zero-order valence-corrected chi connectivity index (χ0v) is 8.03. The first-order valence-electron chi connectivity index (χ1n) is 4.15. The third-order valence-electron chi connectivity index (χ3n) is 1.20. The van der Waals surface area contributed by atoms with Crippen molar-refractivity contribution in [2.45, 2.75) is 26.1 Å². The third-order valence-corrected chi connectivity index (χ3v) is 1.20. The summed E-state index contributed by atoms with van der Waals surface area (Å²) < 4.78 is 9.86. The van der Waals surface area contributed by atoms with Crippen molar-refractivity contribution in [3.63, 3.8) is 0 Å². The molecule has 0 rings (SSSR count). The summed E-state index contributed by atoms with van der Waals surface area (Å²) in [4.78, 5) is 10.7. The van der Waals surface area contributed by atoms with Crippen LogP contribution in [-0.2, 0) is 14.3 Å². The first-order valence-corrected chi connectivity index (χ1v) is 4.15. The van der Waals surface area contributed by atoms with Gasteiger partial charge in [-0.3, -0.25) is 0 Å². The molecule has 0 saturated carbocycles. The zero-order valence-electron chi connectivity index (χ0n) is 8.03. The second kappa shape index (κ2) is 6.62. The van der Waals surface area contributed by atoms with Gasteiger partial charge in [0.2, 0.25) is 0 Å². The zero-order chi connectivity index (χ0) is 10.3. The lowest BCUT2D eigenvalue weighted by Crippen LogP contribution is -2.21. The Morgan fingerprint density at radius 2 is 2.15 bits per heavy atom. The van der Waals surface area contributed by atoms with Crippen molar-refractivity contribution in [3.8, 4) is 0 Å². The molecule has 2 unspecified atom stereocenters. The summed E-state index contributed by atoms with van der Waals surface area (Å²) in [7, 11) is 0. The van der Waals surface area contributed by atoms with E-state index in [4.69, 9.17) is 14.6 Å². The van der Waals surface area contributed by atoms with Crippen molar-refractivity contribution in [1.82, 2.24) is 0 Å². The summed E-state index contributed by atoms with van der Waals surface area (Å²) in [5.41, 5.74) is 0. The van der Waals surface area contributed by atoms with E-state index in [0.717, 1.165) is 6.08 Å². The SMILES string of the molecule is C=CC(=O)OC(C)COCC(C)O. The molecule has 0 aromatic rings. The highest BCUT2D eigenvalue weighted by atomic mass is 16.6. The molecular weight excluding hydrogens is 172 g/mol. The lowest BCUT2D eigenvalue weighted by molar-refractivity contribution is -0.145. The van der Waals surface area contributed by atoms with E-state index >= 15 is 0 Å². The number of rotatable bonds is 6. The van der Waals surface area contributed by atoms with Crippen LogP contribution in [0.25, 0.3) is 0 Å². The average Bonchev–Trinajstić information content (AvgIpc) is 2.03. The Morgan fingerprint density at radius 1 is 1.54 bits per heavy atom. The predicted molar refractivity (Wildman–Crippen MR) is 48.3 cm³/mol. The summed E-state index contributed by atoms with van der Waals surface area (Å²) in [6.45, 7) is 7.13. The standard InChI is InChI=1S/C9H16O4/c1-4-9(11)13-8(3)6-12-5-7(2)10/h4,7-8,10H,1,5-6H2,2-3H3. The highest BCUT2D eigenvalue weighted by Gasteiger charge is 2.06. The van der Waals surface area contributed by atoms with Gasteiger partial charge < -0.3 is 14.6 Å². The van der Waals surface area contributed by atoms with Crippen molar-refractivity contribution in [3.05, 3.63) is 12.7 Å². The molecule has 0 radical (unpaired) electrons. The molecule has 0 amide bonds. The molecule has 13 heavy (non-hydrogen) atoms. The third kappa shape index (κ3) is 7.49. The molecule has 0 aliphatic heterocycles. The van der Waals surface area contributed by atoms with Gasteiger partial charge in [0.15, 0.2) is 0 Å². The van der Waals surface area contributed by atoms with Crippen LogP contribution in [0.5, 0.6) is 0 Å². The molecule has 0 aromatic heterocycles. The summed E-state index contributed by atoms with van der Waals surface area (Å²) in [5.74, 6) is -0.465. The minimum atomic E-state index is -0.498. The largest absolute Gasteiger partial charge is 0.457 e. The molecule has 0 fully saturated rings. The van der Waals surface area contributed by atoms with Gasteiger partial charge in [-0.25, -0.2) is 4.79 Å². The molecule has 4 nitrogen and oxygen atoms in total. The number of hydrogen-bond donors (Lipinski definition) is 1. The van der Waals surface area contributed by atoms with Crippen LogP contribution in [0.2, 0.25) is 0 Å². The van der Waals surface area contributed by atoms with E-state index in [9.17, 15) is 4.79 Å². The van der Waals surface area contributed by atoms with E-state index in [1.165, 1.54) is 0 Å². The molecule has 0 bridgehead atoms. The van der Waals surface area contributed by atoms with Gasteiger partial charge in [-0.2, -0.15) is 0 Å². The van der Waals surface area contributed by atoms with Crippen LogP contribution in [0.1, 0.15) is 13.8 Å². The number of ether oxygens (including phenoxy) is 2. The van der Waals surface area contributed by atoms with E-state index in [1.807, 2.05) is 0 Å². The van der Waals surface area contributed by atoms with Crippen molar-refractivity contribution >= 4 is 5.97 Å². The summed E-state index contributed by atoms with van der Waals surface area (Å²) in [5, 5.41) is 8.84. The molecule has 0 spiro atoms. The van der Waals surface area contributed by atoms with Crippen LogP contribution < -0.4 is 0 Å². The molecule has 0 aromatic carbocycles. The van der Waals surface area contributed by atoms with E-state index in [2.05, 4.69) is 6.58 Å². The molecule has 4 heteroatoms. The lowest BCUT2D eigenvalue weighted by Gasteiger charge is -2.12. The van der Waals surface area contributed by atoms with Crippen molar-refractivity contribution in [2.24, 2.45) is 0 Å². The predicted octanol–water partition coefficient (Wildman–Crippen LogP) is 0.501. The maximum atomic E-state index is 10.7.